The van der Waals surface area contributed by atoms with Gasteiger partial charge in [-0.25, -0.2) is 4.79 Å². The van der Waals surface area contributed by atoms with Crippen LogP contribution in [0.3, 0.4) is 0 Å². The molecule has 0 spiro atoms. The molecule has 0 heterocycles. The Bertz CT molecular complexity index is 720. The first-order valence-electron chi connectivity index (χ1n) is 8.25. The molecule has 146 valence electrons. The summed E-state index contributed by atoms with van der Waals surface area (Å²) in [6, 6.07) is 13.0. The Hall–Kier alpha value is -2.58. The molecule has 0 aliphatic heterocycles. The number of hydrogen-bond acceptors (Lipinski definition) is 4. The molecule has 0 radical (unpaired) electrons. The molecule has 0 fully saturated rings. The number of benzene rings is 2. The number of carbonyl (C=O) groups is 1. The number of halogens is 3. The van der Waals surface area contributed by atoms with Crippen LogP contribution in [0.1, 0.15) is 29.2 Å². The van der Waals surface area contributed by atoms with Crippen molar-refractivity contribution in [1.29, 1.82) is 0 Å². The molecule has 2 aromatic rings. The second kappa shape index (κ2) is 9.38. The van der Waals surface area contributed by atoms with Crippen molar-refractivity contribution in [2.24, 2.45) is 0 Å². The molecule has 27 heavy (non-hydrogen) atoms. The van der Waals surface area contributed by atoms with Crippen molar-refractivity contribution in [3.05, 3.63) is 71.3 Å². The van der Waals surface area contributed by atoms with Crippen LogP contribution in [0.25, 0.3) is 0 Å². The summed E-state index contributed by atoms with van der Waals surface area (Å²) in [4.78, 5) is 11.6. The summed E-state index contributed by atoms with van der Waals surface area (Å²) in [5.41, 5.74) is 0.142. The van der Waals surface area contributed by atoms with E-state index >= 15 is 0 Å². The predicted octanol–water partition coefficient (Wildman–Crippen LogP) is 3.42. The van der Waals surface area contributed by atoms with Gasteiger partial charge in [0.15, 0.2) is 0 Å². The average molecular weight is 383 g/mol. The van der Waals surface area contributed by atoms with Crippen molar-refractivity contribution in [2.45, 2.75) is 31.4 Å². The lowest BCUT2D eigenvalue weighted by molar-refractivity contribution is -0.137. The van der Waals surface area contributed by atoms with E-state index < -0.39 is 30.0 Å². The van der Waals surface area contributed by atoms with Crippen molar-refractivity contribution in [3.8, 4) is 0 Å². The van der Waals surface area contributed by atoms with Gasteiger partial charge < -0.3 is 20.3 Å². The zero-order valence-electron chi connectivity index (χ0n) is 14.3. The average Bonchev–Trinajstić information content (AvgIpc) is 2.66. The van der Waals surface area contributed by atoms with E-state index in [2.05, 4.69) is 5.32 Å². The largest absolute Gasteiger partial charge is 0.445 e. The number of alkyl carbamates (subject to hydrolysis) is 1. The van der Waals surface area contributed by atoms with Gasteiger partial charge in [-0.3, -0.25) is 0 Å². The minimum absolute atomic E-state index is 0.00261. The van der Waals surface area contributed by atoms with E-state index in [0.29, 0.717) is 0 Å². The lowest BCUT2D eigenvalue weighted by Gasteiger charge is -2.19. The Kier molecular flexibility index (Phi) is 7.20. The fourth-order valence-corrected chi connectivity index (χ4v) is 2.35. The summed E-state index contributed by atoms with van der Waals surface area (Å²) in [7, 11) is 0. The molecule has 0 bridgehead atoms. The fourth-order valence-electron chi connectivity index (χ4n) is 2.35. The molecular weight excluding hydrogens is 363 g/mol. The van der Waals surface area contributed by atoms with Crippen molar-refractivity contribution < 1.29 is 32.9 Å². The zero-order valence-corrected chi connectivity index (χ0v) is 14.3. The van der Waals surface area contributed by atoms with Gasteiger partial charge in [0.05, 0.1) is 11.7 Å². The van der Waals surface area contributed by atoms with Crippen molar-refractivity contribution >= 4 is 6.09 Å². The second-order valence-electron chi connectivity index (χ2n) is 5.91. The van der Waals surface area contributed by atoms with Gasteiger partial charge in [0.25, 0.3) is 0 Å². The van der Waals surface area contributed by atoms with Gasteiger partial charge in [0, 0.05) is 6.54 Å². The number of rotatable bonds is 7. The van der Waals surface area contributed by atoms with Crippen LogP contribution >= 0.6 is 0 Å². The Morgan fingerprint density at radius 3 is 2.26 bits per heavy atom. The van der Waals surface area contributed by atoms with E-state index in [1.165, 1.54) is 0 Å². The molecule has 0 aromatic heterocycles. The Morgan fingerprint density at radius 2 is 1.67 bits per heavy atom. The van der Waals surface area contributed by atoms with Gasteiger partial charge in [0.1, 0.15) is 12.7 Å². The summed E-state index contributed by atoms with van der Waals surface area (Å²) < 4.78 is 42.6. The minimum Gasteiger partial charge on any atom is -0.445 e. The van der Waals surface area contributed by atoms with E-state index in [1.54, 1.807) is 12.1 Å². The maximum absolute atomic E-state index is 12.5. The molecule has 2 atom stereocenters. The number of alkyl halides is 3. The van der Waals surface area contributed by atoms with Gasteiger partial charge in [-0.1, -0.05) is 42.5 Å². The second-order valence-corrected chi connectivity index (χ2v) is 5.91. The third kappa shape index (κ3) is 6.58. The van der Waals surface area contributed by atoms with Gasteiger partial charge in [0.2, 0.25) is 0 Å². The number of carbonyl (C=O) groups excluding carboxylic acids is 1. The maximum Gasteiger partial charge on any atom is 0.416 e. The lowest BCUT2D eigenvalue weighted by Crippen LogP contribution is -2.29. The molecule has 0 saturated carbocycles. The first kappa shape index (κ1) is 20.7. The van der Waals surface area contributed by atoms with Gasteiger partial charge in [-0.2, -0.15) is 13.2 Å². The maximum atomic E-state index is 12.5. The van der Waals surface area contributed by atoms with Crippen LogP contribution in [0.15, 0.2) is 54.6 Å². The summed E-state index contributed by atoms with van der Waals surface area (Å²) >= 11 is 0. The Labute approximate surface area is 154 Å². The number of hydrogen-bond donors (Lipinski definition) is 3. The van der Waals surface area contributed by atoms with Crippen LogP contribution in [0.4, 0.5) is 18.0 Å². The molecule has 0 aliphatic carbocycles. The van der Waals surface area contributed by atoms with Crippen LogP contribution in [0.2, 0.25) is 0 Å². The molecule has 2 aromatic carbocycles. The third-order valence-electron chi connectivity index (χ3n) is 3.87. The minimum atomic E-state index is -4.47. The number of aliphatic hydroxyl groups excluding tert-OH is 2. The predicted molar refractivity (Wildman–Crippen MR) is 91.7 cm³/mol. The van der Waals surface area contributed by atoms with Crippen molar-refractivity contribution in [3.63, 3.8) is 0 Å². The molecular formula is C19H20F3NO4. The molecule has 5 nitrogen and oxygen atoms in total. The molecule has 0 aliphatic rings. The molecule has 2 rings (SSSR count). The normalized spacial score (nSPS) is 13.7. The molecule has 1 amide bonds. The third-order valence-corrected chi connectivity index (χ3v) is 3.87. The van der Waals surface area contributed by atoms with Crippen LogP contribution in [0.5, 0.6) is 0 Å². The molecule has 8 heteroatoms. The van der Waals surface area contributed by atoms with Crippen LogP contribution in [-0.2, 0) is 17.5 Å². The highest BCUT2D eigenvalue weighted by Crippen LogP contribution is 2.30. The van der Waals surface area contributed by atoms with E-state index in [-0.39, 0.29) is 25.1 Å². The first-order chi connectivity index (χ1) is 12.8. The molecule has 0 saturated heterocycles. The first-order valence-corrected chi connectivity index (χ1v) is 8.25. The van der Waals surface area contributed by atoms with E-state index in [9.17, 15) is 28.2 Å². The van der Waals surface area contributed by atoms with Crippen LogP contribution < -0.4 is 5.32 Å². The number of nitrogens with one attached hydrogen (secondary N) is 1. The van der Waals surface area contributed by atoms with Gasteiger partial charge in [-0.15, -0.1) is 0 Å². The van der Waals surface area contributed by atoms with Crippen LogP contribution in [0, 0.1) is 0 Å². The number of amides is 1. The summed E-state index contributed by atoms with van der Waals surface area (Å²) in [6.07, 6.45) is -7.75. The summed E-state index contributed by atoms with van der Waals surface area (Å²) in [6.45, 7) is 0.135. The summed E-state index contributed by atoms with van der Waals surface area (Å²) in [5.74, 6) is 0. The Balaban J connectivity index is 1.74. The SMILES string of the molecule is O=C(NCCC(O)C(O)c1ccc(C(F)(F)F)cc1)OCc1ccccc1. The standard InChI is InChI=1S/C19H20F3NO4/c20-19(21,22)15-8-6-14(7-9-15)17(25)16(24)10-11-23-18(26)27-12-13-4-2-1-3-5-13/h1-9,16-17,24-25H,10-12H2,(H,23,26). The topological polar surface area (TPSA) is 78.8 Å². The van der Waals surface area contributed by atoms with E-state index in [0.717, 1.165) is 29.8 Å². The van der Waals surface area contributed by atoms with E-state index in [1.807, 2.05) is 18.2 Å². The van der Waals surface area contributed by atoms with Gasteiger partial charge >= 0.3 is 12.3 Å². The number of ether oxygens (including phenoxy) is 1. The summed E-state index contributed by atoms with van der Waals surface area (Å²) in [5, 5.41) is 22.4. The highest BCUT2D eigenvalue weighted by atomic mass is 19.4. The quantitative estimate of drug-likeness (QED) is 0.685. The van der Waals surface area contributed by atoms with Gasteiger partial charge in [-0.05, 0) is 29.7 Å². The Morgan fingerprint density at radius 1 is 1.04 bits per heavy atom. The highest BCUT2D eigenvalue weighted by Gasteiger charge is 2.30. The fraction of sp³-hybridized carbons (Fsp3) is 0.316. The van der Waals surface area contributed by atoms with Crippen molar-refractivity contribution in [1.82, 2.24) is 5.32 Å². The molecule has 3 N–H and O–H groups in total. The zero-order chi connectivity index (χ0) is 19.9. The van der Waals surface area contributed by atoms with Crippen molar-refractivity contribution in [2.75, 3.05) is 6.54 Å². The lowest BCUT2D eigenvalue weighted by atomic mass is 10.0. The highest BCUT2D eigenvalue weighted by molar-refractivity contribution is 5.67. The molecule has 2 unspecified atom stereocenters. The van der Waals surface area contributed by atoms with Crippen LogP contribution in [-0.4, -0.2) is 29.0 Å². The van der Waals surface area contributed by atoms with E-state index in [4.69, 9.17) is 4.74 Å². The monoisotopic (exact) mass is 383 g/mol. The smallest absolute Gasteiger partial charge is 0.416 e. The number of aliphatic hydroxyl groups is 2.